The zero-order valence-electron chi connectivity index (χ0n) is 10.3. The van der Waals surface area contributed by atoms with Crippen molar-refractivity contribution in [1.82, 2.24) is 0 Å². The van der Waals surface area contributed by atoms with Gasteiger partial charge in [0, 0.05) is 0 Å². The fourth-order valence-corrected chi connectivity index (χ4v) is 5.03. The zero-order valence-corrected chi connectivity index (χ0v) is 12.7. The Morgan fingerprint density at radius 1 is 1.29 bits per heavy atom. The lowest BCUT2D eigenvalue weighted by Gasteiger charge is -2.29. The predicted molar refractivity (Wildman–Crippen MR) is 78.9 cm³/mol. The Labute approximate surface area is 129 Å². The predicted octanol–water partition coefficient (Wildman–Crippen LogP) is 2.69. The molecule has 21 heavy (non-hydrogen) atoms. The number of carbonyl (C=O) groups is 1. The van der Waals surface area contributed by atoms with Crippen LogP contribution in [0.2, 0.25) is 4.34 Å². The number of nitrogens with one attached hydrogen (secondary N) is 1. The number of sulfonamides is 1. The van der Waals surface area contributed by atoms with Crippen molar-refractivity contribution in [3.8, 4) is 0 Å². The number of fused-ring (bicyclic) bond motifs is 1. The molecule has 0 radical (unpaired) electrons. The first-order chi connectivity index (χ1) is 9.89. The Kier molecular flexibility index (Phi) is 3.39. The summed E-state index contributed by atoms with van der Waals surface area (Å²) in [7, 11) is -3.96. The fourth-order valence-electron chi connectivity index (χ4n) is 2.00. The zero-order chi connectivity index (χ0) is 15.2. The van der Waals surface area contributed by atoms with Gasteiger partial charge in [-0.2, -0.15) is 0 Å². The Hall–Kier alpha value is -1.64. The summed E-state index contributed by atoms with van der Waals surface area (Å²) in [6.07, 6.45) is 0. The second kappa shape index (κ2) is 4.97. The van der Waals surface area contributed by atoms with Crippen LogP contribution in [0.5, 0.6) is 0 Å². The van der Waals surface area contributed by atoms with E-state index in [-0.39, 0.29) is 15.6 Å². The summed E-state index contributed by atoms with van der Waals surface area (Å²) < 4.78 is 40.1. The number of benzene rings is 1. The van der Waals surface area contributed by atoms with Gasteiger partial charge in [0.15, 0.2) is 0 Å². The molecule has 0 unspecified atom stereocenters. The van der Waals surface area contributed by atoms with Gasteiger partial charge in [-0.1, -0.05) is 17.7 Å². The number of carbonyl (C=O) groups excluding carboxylic acids is 1. The Balaban J connectivity index is 2.16. The molecule has 0 fully saturated rings. The molecule has 1 aliphatic heterocycles. The van der Waals surface area contributed by atoms with Gasteiger partial charge >= 0.3 is 0 Å². The summed E-state index contributed by atoms with van der Waals surface area (Å²) >= 11 is 6.63. The monoisotopic (exact) mass is 346 g/mol. The lowest BCUT2D eigenvalue weighted by molar-refractivity contribution is -0.115. The van der Waals surface area contributed by atoms with Crippen LogP contribution < -0.4 is 9.62 Å². The van der Waals surface area contributed by atoms with E-state index in [4.69, 9.17) is 11.6 Å². The summed E-state index contributed by atoms with van der Waals surface area (Å²) in [6, 6.07) is 6.78. The summed E-state index contributed by atoms with van der Waals surface area (Å²) in [5, 5.41) is 2.34. The number of amides is 1. The third kappa shape index (κ3) is 2.39. The minimum absolute atomic E-state index is 0.00240. The minimum atomic E-state index is -3.96. The maximum absolute atomic E-state index is 13.8. The number of hydrogen-bond acceptors (Lipinski definition) is 4. The van der Waals surface area contributed by atoms with Gasteiger partial charge in [-0.05, 0) is 24.3 Å². The van der Waals surface area contributed by atoms with Crippen LogP contribution in [-0.4, -0.2) is 20.9 Å². The third-order valence-corrected chi connectivity index (χ3v) is 6.36. The molecule has 0 saturated carbocycles. The van der Waals surface area contributed by atoms with E-state index in [1.165, 1.54) is 24.3 Å². The van der Waals surface area contributed by atoms with E-state index in [1.54, 1.807) is 0 Å². The second-order valence-corrected chi connectivity index (χ2v) is 8.06. The second-order valence-electron chi connectivity index (χ2n) is 4.25. The molecule has 0 aliphatic carbocycles. The van der Waals surface area contributed by atoms with Crippen LogP contribution in [0.3, 0.4) is 0 Å². The van der Waals surface area contributed by atoms with Gasteiger partial charge in [0.25, 0.3) is 10.0 Å². The number of rotatable bonds is 2. The summed E-state index contributed by atoms with van der Waals surface area (Å²) in [6.45, 7) is -0.408. The van der Waals surface area contributed by atoms with Crippen molar-refractivity contribution in [1.29, 1.82) is 0 Å². The van der Waals surface area contributed by atoms with E-state index < -0.39 is 28.3 Å². The first kappa shape index (κ1) is 14.3. The normalized spacial score (nSPS) is 14.8. The molecule has 2 heterocycles. The molecule has 110 valence electrons. The topological polar surface area (TPSA) is 66.5 Å². The first-order valence-corrected chi connectivity index (χ1v) is 8.39. The number of halogens is 2. The van der Waals surface area contributed by atoms with E-state index in [0.29, 0.717) is 4.34 Å². The largest absolute Gasteiger partial charge is 0.320 e. The summed E-state index contributed by atoms with van der Waals surface area (Å²) in [5.74, 6) is -1.29. The molecule has 5 nitrogen and oxygen atoms in total. The van der Waals surface area contributed by atoms with Gasteiger partial charge in [-0.15, -0.1) is 11.3 Å². The van der Waals surface area contributed by atoms with Crippen LogP contribution >= 0.6 is 22.9 Å². The molecule has 1 aromatic heterocycles. The highest BCUT2D eigenvalue weighted by molar-refractivity contribution is 7.94. The Morgan fingerprint density at radius 3 is 2.71 bits per heavy atom. The molecule has 3 rings (SSSR count). The molecule has 2 aromatic rings. The highest BCUT2D eigenvalue weighted by Gasteiger charge is 2.34. The summed E-state index contributed by atoms with van der Waals surface area (Å²) in [5.41, 5.74) is -0.0425. The molecule has 1 amide bonds. The van der Waals surface area contributed by atoms with Gasteiger partial charge in [0.1, 0.15) is 22.3 Å². The molecule has 0 saturated heterocycles. The Bertz CT molecular complexity index is 835. The lowest BCUT2D eigenvalue weighted by atomic mass is 10.2. The number of thiophene rings is 1. The molecular formula is C12H8ClFN2O3S2. The SMILES string of the molecule is O=C1CN(S(=O)(=O)c2ccc(Cl)s2)c2cccc(F)c2N1. The van der Waals surface area contributed by atoms with Crippen LogP contribution in [0.15, 0.2) is 34.5 Å². The molecule has 1 aliphatic rings. The maximum Gasteiger partial charge on any atom is 0.274 e. The molecule has 1 N–H and O–H groups in total. The van der Waals surface area contributed by atoms with Crippen molar-refractivity contribution in [2.24, 2.45) is 0 Å². The van der Waals surface area contributed by atoms with Crippen molar-refractivity contribution in [3.05, 3.63) is 40.5 Å². The van der Waals surface area contributed by atoms with Gasteiger partial charge in [0.05, 0.1) is 10.0 Å². The minimum Gasteiger partial charge on any atom is -0.320 e. The van der Waals surface area contributed by atoms with Crippen LogP contribution in [0.1, 0.15) is 0 Å². The fraction of sp³-hybridized carbons (Fsp3) is 0.0833. The standard InChI is InChI=1S/C12H8ClFN2O3S2/c13-9-4-5-11(20-9)21(18,19)16-6-10(17)15-12-7(14)2-1-3-8(12)16/h1-5H,6H2,(H,15,17). The molecule has 1 aromatic carbocycles. The van der Waals surface area contributed by atoms with Crippen molar-refractivity contribution in [2.45, 2.75) is 4.21 Å². The average Bonchev–Trinajstić information content (AvgIpc) is 2.86. The maximum atomic E-state index is 13.8. The third-order valence-electron chi connectivity index (χ3n) is 2.90. The van der Waals surface area contributed by atoms with Crippen LogP contribution in [0, 0.1) is 5.82 Å². The number of nitrogens with zero attached hydrogens (tertiary/aromatic N) is 1. The molecule has 9 heteroatoms. The Morgan fingerprint density at radius 2 is 2.05 bits per heavy atom. The van der Waals surface area contributed by atoms with Gasteiger partial charge in [0.2, 0.25) is 5.91 Å². The number of para-hydroxylation sites is 1. The molecule has 0 spiro atoms. The van der Waals surface area contributed by atoms with E-state index in [9.17, 15) is 17.6 Å². The van der Waals surface area contributed by atoms with E-state index in [2.05, 4.69) is 5.32 Å². The van der Waals surface area contributed by atoms with Gasteiger partial charge in [-0.25, -0.2) is 12.8 Å². The lowest BCUT2D eigenvalue weighted by Crippen LogP contribution is -2.42. The highest BCUT2D eigenvalue weighted by atomic mass is 35.5. The van der Waals surface area contributed by atoms with Crippen molar-refractivity contribution in [3.63, 3.8) is 0 Å². The van der Waals surface area contributed by atoms with Gasteiger partial charge < -0.3 is 5.32 Å². The van der Waals surface area contributed by atoms with Gasteiger partial charge in [-0.3, -0.25) is 9.10 Å². The smallest absolute Gasteiger partial charge is 0.274 e. The molecule has 0 bridgehead atoms. The van der Waals surface area contributed by atoms with E-state index >= 15 is 0 Å². The van der Waals surface area contributed by atoms with Crippen LogP contribution in [0.4, 0.5) is 15.8 Å². The molecule has 0 atom stereocenters. The quantitative estimate of drug-likeness (QED) is 0.909. The molecular weight excluding hydrogens is 339 g/mol. The van der Waals surface area contributed by atoms with Crippen molar-refractivity contribution >= 4 is 50.2 Å². The number of hydrogen-bond donors (Lipinski definition) is 1. The average molecular weight is 347 g/mol. The van der Waals surface area contributed by atoms with Crippen molar-refractivity contribution in [2.75, 3.05) is 16.2 Å². The highest BCUT2D eigenvalue weighted by Crippen LogP contribution is 2.37. The van der Waals surface area contributed by atoms with Crippen LogP contribution in [-0.2, 0) is 14.8 Å². The number of anilines is 2. The van der Waals surface area contributed by atoms with E-state index in [1.807, 2.05) is 0 Å². The van der Waals surface area contributed by atoms with Crippen LogP contribution in [0.25, 0.3) is 0 Å². The first-order valence-electron chi connectivity index (χ1n) is 5.76. The summed E-state index contributed by atoms with van der Waals surface area (Å²) in [4.78, 5) is 11.7. The van der Waals surface area contributed by atoms with Crippen molar-refractivity contribution < 1.29 is 17.6 Å². The van der Waals surface area contributed by atoms with E-state index in [0.717, 1.165) is 21.7 Å².